The summed E-state index contributed by atoms with van der Waals surface area (Å²) in [6.45, 7) is 1.86. The molecule has 0 unspecified atom stereocenters. The molecule has 1 fully saturated rings. The Bertz CT molecular complexity index is 680. The van der Waals surface area contributed by atoms with Gasteiger partial charge in [-0.05, 0) is 42.2 Å². The zero-order valence-electron chi connectivity index (χ0n) is 13.3. The van der Waals surface area contributed by atoms with E-state index in [1.165, 1.54) is 28.4 Å². The van der Waals surface area contributed by atoms with Crippen LogP contribution in [0.25, 0.3) is 0 Å². The molecule has 0 aliphatic heterocycles. The second-order valence-corrected chi connectivity index (χ2v) is 6.86. The minimum absolute atomic E-state index is 0.0381. The lowest BCUT2D eigenvalue weighted by Crippen LogP contribution is -2.25. The van der Waals surface area contributed by atoms with E-state index in [-0.39, 0.29) is 5.91 Å². The first-order chi connectivity index (χ1) is 11.2. The highest BCUT2D eigenvalue weighted by Crippen LogP contribution is 2.31. The van der Waals surface area contributed by atoms with Gasteiger partial charge in [0.25, 0.3) is 5.91 Å². The molecule has 0 bridgehead atoms. The van der Waals surface area contributed by atoms with Crippen molar-refractivity contribution in [3.63, 3.8) is 0 Å². The van der Waals surface area contributed by atoms with Crippen LogP contribution in [0.3, 0.4) is 0 Å². The largest absolute Gasteiger partial charge is 0.355 e. The number of halogens is 1. The Morgan fingerprint density at radius 3 is 2.43 bits per heavy atom. The van der Waals surface area contributed by atoms with Gasteiger partial charge in [0.15, 0.2) is 0 Å². The average molecular weight is 373 g/mol. The van der Waals surface area contributed by atoms with E-state index in [4.69, 9.17) is 0 Å². The van der Waals surface area contributed by atoms with E-state index in [0.29, 0.717) is 11.6 Å². The normalized spacial score (nSPS) is 14.0. The van der Waals surface area contributed by atoms with Crippen LogP contribution in [0.5, 0.6) is 0 Å². The molecule has 1 amide bonds. The lowest BCUT2D eigenvalue weighted by molar-refractivity contribution is 0.0963. The minimum atomic E-state index is -0.0381. The van der Waals surface area contributed by atoms with E-state index >= 15 is 0 Å². The maximum Gasteiger partial charge on any atom is 0.251 e. The van der Waals surface area contributed by atoms with Gasteiger partial charge in [-0.3, -0.25) is 9.69 Å². The molecule has 1 N–H and O–H groups in total. The van der Waals surface area contributed by atoms with Gasteiger partial charge >= 0.3 is 0 Å². The van der Waals surface area contributed by atoms with Crippen molar-refractivity contribution in [2.24, 2.45) is 0 Å². The summed E-state index contributed by atoms with van der Waals surface area (Å²) in [6, 6.07) is 17.0. The van der Waals surface area contributed by atoms with Gasteiger partial charge in [-0.2, -0.15) is 0 Å². The minimum Gasteiger partial charge on any atom is -0.355 e. The average Bonchev–Trinajstić information content (AvgIpc) is 3.41. The van der Waals surface area contributed by atoms with Crippen LogP contribution in [0.15, 0.2) is 53.0 Å². The topological polar surface area (TPSA) is 32.3 Å². The van der Waals surface area contributed by atoms with Crippen molar-refractivity contribution in [2.75, 3.05) is 7.05 Å². The van der Waals surface area contributed by atoms with Crippen LogP contribution in [0.4, 0.5) is 0 Å². The summed E-state index contributed by atoms with van der Waals surface area (Å²) < 4.78 is 1.17. The highest BCUT2D eigenvalue weighted by atomic mass is 79.9. The van der Waals surface area contributed by atoms with Gasteiger partial charge in [0, 0.05) is 36.2 Å². The summed E-state index contributed by atoms with van der Waals surface area (Å²) in [4.78, 5) is 14.1. The molecule has 120 valence electrons. The molecule has 4 heteroatoms. The van der Waals surface area contributed by atoms with Gasteiger partial charge in [-0.1, -0.05) is 46.3 Å². The molecule has 0 aromatic heterocycles. The molecular formula is C19H21BrN2O. The molecule has 0 radical (unpaired) electrons. The molecule has 0 heterocycles. The van der Waals surface area contributed by atoms with E-state index in [2.05, 4.69) is 56.5 Å². The smallest absolute Gasteiger partial charge is 0.251 e. The lowest BCUT2D eigenvalue weighted by atomic mass is 10.1. The summed E-state index contributed by atoms with van der Waals surface area (Å²) in [6.07, 6.45) is 2.56. The molecule has 2 aromatic carbocycles. The van der Waals surface area contributed by atoms with Crippen LogP contribution < -0.4 is 5.32 Å². The van der Waals surface area contributed by atoms with E-state index in [1.807, 2.05) is 18.2 Å². The fraction of sp³-hybridized carbons (Fsp3) is 0.316. The van der Waals surface area contributed by atoms with Crippen molar-refractivity contribution in [1.29, 1.82) is 0 Å². The zero-order valence-corrected chi connectivity index (χ0v) is 14.8. The Morgan fingerprint density at radius 2 is 1.83 bits per heavy atom. The highest BCUT2D eigenvalue weighted by molar-refractivity contribution is 9.10. The second kappa shape index (κ2) is 7.28. The summed E-state index contributed by atoms with van der Waals surface area (Å²) in [5.74, 6) is -0.0381. The number of hydrogen-bond acceptors (Lipinski definition) is 2. The number of nitrogens with one attached hydrogen (secondary N) is 1. The molecule has 2 aromatic rings. The van der Waals surface area contributed by atoms with Crippen LogP contribution in [-0.4, -0.2) is 23.9 Å². The summed E-state index contributed by atoms with van der Waals surface area (Å²) in [7, 11) is 1.66. The molecule has 0 saturated heterocycles. The number of rotatable bonds is 6. The molecule has 0 atom stereocenters. The molecule has 3 rings (SSSR count). The third-order valence-electron chi connectivity index (χ3n) is 4.22. The van der Waals surface area contributed by atoms with Gasteiger partial charge < -0.3 is 5.32 Å². The first-order valence-electron chi connectivity index (χ1n) is 7.96. The van der Waals surface area contributed by atoms with Crippen molar-refractivity contribution in [3.8, 4) is 0 Å². The number of hydrogen-bond donors (Lipinski definition) is 1. The van der Waals surface area contributed by atoms with Crippen LogP contribution in [0, 0.1) is 0 Å². The van der Waals surface area contributed by atoms with Crippen molar-refractivity contribution in [1.82, 2.24) is 10.2 Å². The lowest BCUT2D eigenvalue weighted by Gasteiger charge is -2.23. The monoisotopic (exact) mass is 372 g/mol. The zero-order chi connectivity index (χ0) is 16.2. The van der Waals surface area contributed by atoms with Gasteiger partial charge in [-0.25, -0.2) is 0 Å². The van der Waals surface area contributed by atoms with E-state index in [9.17, 15) is 4.79 Å². The fourth-order valence-electron chi connectivity index (χ4n) is 2.74. The van der Waals surface area contributed by atoms with Gasteiger partial charge in [0.1, 0.15) is 0 Å². The van der Waals surface area contributed by atoms with E-state index in [0.717, 1.165) is 13.1 Å². The number of benzene rings is 2. The Labute approximate surface area is 145 Å². The molecule has 0 spiro atoms. The maximum absolute atomic E-state index is 11.6. The predicted octanol–water partition coefficient (Wildman–Crippen LogP) is 3.97. The summed E-state index contributed by atoms with van der Waals surface area (Å²) in [5.41, 5.74) is 3.28. The van der Waals surface area contributed by atoms with Crippen molar-refractivity contribution in [3.05, 3.63) is 69.7 Å². The number of carbonyl (C=O) groups is 1. The van der Waals surface area contributed by atoms with Crippen molar-refractivity contribution in [2.45, 2.75) is 32.0 Å². The first kappa shape index (κ1) is 16.2. The van der Waals surface area contributed by atoms with Crippen LogP contribution in [0.2, 0.25) is 0 Å². The first-order valence-corrected chi connectivity index (χ1v) is 8.75. The van der Waals surface area contributed by atoms with E-state index < -0.39 is 0 Å². The van der Waals surface area contributed by atoms with Gasteiger partial charge in [0.05, 0.1) is 0 Å². The molecule has 1 aliphatic rings. The standard InChI is InChI=1S/C19H21BrN2O/c1-21-19(23)15-8-6-14(7-9-15)12-22(17-10-11-17)13-16-4-2-3-5-18(16)20/h2-9,17H,10-13H2,1H3,(H,21,23). The van der Waals surface area contributed by atoms with E-state index in [1.54, 1.807) is 7.05 Å². The van der Waals surface area contributed by atoms with Crippen LogP contribution in [0.1, 0.15) is 34.3 Å². The predicted molar refractivity (Wildman–Crippen MR) is 96.2 cm³/mol. The SMILES string of the molecule is CNC(=O)c1ccc(CN(Cc2ccccc2Br)C2CC2)cc1. The number of nitrogens with zero attached hydrogens (tertiary/aromatic N) is 1. The Hall–Kier alpha value is -1.65. The van der Waals surface area contributed by atoms with Crippen molar-refractivity contribution < 1.29 is 4.79 Å². The molecule has 1 saturated carbocycles. The highest BCUT2D eigenvalue weighted by Gasteiger charge is 2.29. The fourth-order valence-corrected chi connectivity index (χ4v) is 3.15. The van der Waals surface area contributed by atoms with Crippen LogP contribution >= 0.6 is 15.9 Å². The van der Waals surface area contributed by atoms with Crippen LogP contribution in [-0.2, 0) is 13.1 Å². The molecule has 3 nitrogen and oxygen atoms in total. The third kappa shape index (κ3) is 4.21. The quantitative estimate of drug-likeness (QED) is 0.831. The summed E-state index contributed by atoms with van der Waals surface area (Å²) in [5, 5.41) is 2.65. The Kier molecular flexibility index (Phi) is 5.13. The molecular weight excluding hydrogens is 352 g/mol. The maximum atomic E-state index is 11.6. The molecule has 23 heavy (non-hydrogen) atoms. The van der Waals surface area contributed by atoms with Crippen molar-refractivity contribution >= 4 is 21.8 Å². The second-order valence-electron chi connectivity index (χ2n) is 6.00. The third-order valence-corrected chi connectivity index (χ3v) is 5.00. The van der Waals surface area contributed by atoms with Gasteiger partial charge in [0.2, 0.25) is 0 Å². The summed E-state index contributed by atoms with van der Waals surface area (Å²) >= 11 is 3.64. The molecule has 1 aliphatic carbocycles. The number of carbonyl (C=O) groups excluding carboxylic acids is 1. The van der Waals surface area contributed by atoms with Gasteiger partial charge in [-0.15, -0.1) is 0 Å². The Morgan fingerprint density at radius 1 is 1.13 bits per heavy atom. The Balaban J connectivity index is 1.70. The number of amides is 1.